The first-order chi connectivity index (χ1) is 11.8. The molecule has 0 aromatic carbocycles. The molecular weight excluding hydrogens is 306 g/mol. The number of hydrogen-bond donors (Lipinski definition) is 6. The Labute approximate surface area is 144 Å². The van der Waals surface area contributed by atoms with Crippen molar-refractivity contribution in [1.82, 2.24) is 15.0 Å². The van der Waals surface area contributed by atoms with E-state index in [1.54, 1.807) is 0 Å². The van der Waals surface area contributed by atoms with Crippen LogP contribution in [0.4, 0.5) is 17.8 Å². The largest absolute Gasteiger partial charge is 0.354 e. The predicted molar refractivity (Wildman–Crippen MR) is 100 cm³/mol. The van der Waals surface area contributed by atoms with Crippen LogP contribution in [0.5, 0.6) is 0 Å². The number of rotatable bonds is 15. The van der Waals surface area contributed by atoms with E-state index in [-0.39, 0.29) is 0 Å². The highest BCUT2D eigenvalue weighted by Crippen LogP contribution is 2.10. The topological polar surface area (TPSA) is 153 Å². The number of nitrogens with zero attached hydrogens (tertiary/aromatic N) is 3. The van der Waals surface area contributed by atoms with Crippen molar-refractivity contribution in [1.29, 1.82) is 0 Å². The van der Waals surface area contributed by atoms with Gasteiger partial charge in [-0.2, -0.15) is 15.0 Å². The normalized spacial score (nSPS) is 10.6. The third kappa shape index (κ3) is 9.43. The van der Waals surface area contributed by atoms with Crippen LogP contribution >= 0.6 is 0 Å². The van der Waals surface area contributed by atoms with E-state index in [0.29, 0.717) is 37.5 Å². The van der Waals surface area contributed by atoms with Gasteiger partial charge in [-0.15, -0.1) is 0 Å². The molecule has 0 spiro atoms. The molecule has 24 heavy (non-hydrogen) atoms. The molecule has 0 fully saturated rings. The monoisotopic (exact) mass is 339 g/mol. The smallest absolute Gasteiger partial charge is 0.229 e. The fourth-order valence-electron chi connectivity index (χ4n) is 2.02. The second-order valence-corrected chi connectivity index (χ2v) is 5.57. The Hall–Kier alpha value is -1.71. The van der Waals surface area contributed by atoms with Gasteiger partial charge in [0.05, 0.1) is 0 Å². The van der Waals surface area contributed by atoms with E-state index in [1.165, 1.54) is 0 Å². The zero-order valence-electron chi connectivity index (χ0n) is 14.6. The molecular formula is C15H33N9. The second kappa shape index (κ2) is 13.7. The maximum absolute atomic E-state index is 5.51. The van der Waals surface area contributed by atoms with Gasteiger partial charge in [0.15, 0.2) is 0 Å². The van der Waals surface area contributed by atoms with E-state index in [9.17, 15) is 0 Å². The van der Waals surface area contributed by atoms with Crippen molar-refractivity contribution in [3.63, 3.8) is 0 Å². The van der Waals surface area contributed by atoms with Crippen molar-refractivity contribution < 1.29 is 0 Å². The third-order valence-electron chi connectivity index (χ3n) is 3.38. The van der Waals surface area contributed by atoms with Crippen LogP contribution in [0.1, 0.15) is 38.5 Å². The minimum atomic E-state index is 0.574. The SMILES string of the molecule is NCCCCNc1nc(NCCCCN)nc(NCCCCN)n1. The first kappa shape index (κ1) is 20.3. The molecule has 0 bridgehead atoms. The number of unbranched alkanes of at least 4 members (excludes halogenated alkanes) is 3. The Bertz CT molecular complexity index is 353. The second-order valence-electron chi connectivity index (χ2n) is 5.57. The van der Waals surface area contributed by atoms with Gasteiger partial charge < -0.3 is 33.2 Å². The fourth-order valence-corrected chi connectivity index (χ4v) is 2.02. The van der Waals surface area contributed by atoms with Crippen LogP contribution in [-0.4, -0.2) is 54.2 Å². The zero-order valence-corrected chi connectivity index (χ0v) is 14.6. The van der Waals surface area contributed by atoms with Crippen LogP contribution in [0.3, 0.4) is 0 Å². The van der Waals surface area contributed by atoms with Crippen molar-refractivity contribution in [3.8, 4) is 0 Å². The van der Waals surface area contributed by atoms with Crippen LogP contribution in [0.25, 0.3) is 0 Å². The molecule has 9 heteroatoms. The van der Waals surface area contributed by atoms with Crippen LogP contribution in [0.15, 0.2) is 0 Å². The van der Waals surface area contributed by atoms with E-state index in [4.69, 9.17) is 17.2 Å². The number of nitrogens with one attached hydrogen (secondary N) is 3. The Morgan fingerprint density at radius 1 is 0.500 bits per heavy atom. The summed E-state index contributed by atoms with van der Waals surface area (Å²) in [6, 6.07) is 0. The molecule has 1 aromatic heterocycles. The zero-order chi connectivity index (χ0) is 17.5. The summed E-state index contributed by atoms with van der Waals surface area (Å²) in [5.41, 5.74) is 16.5. The molecule has 1 aromatic rings. The van der Waals surface area contributed by atoms with Crippen molar-refractivity contribution >= 4 is 17.8 Å². The molecule has 0 aliphatic rings. The van der Waals surface area contributed by atoms with Crippen molar-refractivity contribution in [2.75, 3.05) is 55.2 Å². The van der Waals surface area contributed by atoms with Crippen LogP contribution in [0.2, 0.25) is 0 Å². The van der Waals surface area contributed by atoms with Gasteiger partial charge in [0, 0.05) is 19.6 Å². The van der Waals surface area contributed by atoms with E-state index >= 15 is 0 Å². The molecule has 0 saturated heterocycles. The highest BCUT2D eigenvalue weighted by atomic mass is 15.3. The maximum Gasteiger partial charge on any atom is 0.229 e. The molecule has 0 amide bonds. The van der Waals surface area contributed by atoms with Crippen molar-refractivity contribution in [2.24, 2.45) is 17.2 Å². The average Bonchev–Trinajstić information content (AvgIpc) is 2.59. The van der Waals surface area contributed by atoms with E-state index in [1.807, 2.05) is 0 Å². The molecule has 9 nitrogen and oxygen atoms in total. The molecule has 9 N–H and O–H groups in total. The van der Waals surface area contributed by atoms with Gasteiger partial charge in [-0.1, -0.05) is 0 Å². The minimum absolute atomic E-state index is 0.574. The molecule has 0 saturated carbocycles. The summed E-state index contributed by atoms with van der Waals surface area (Å²) in [6.45, 7) is 4.46. The van der Waals surface area contributed by atoms with Crippen LogP contribution < -0.4 is 33.2 Å². The highest BCUT2D eigenvalue weighted by molar-refractivity contribution is 5.42. The lowest BCUT2D eigenvalue weighted by molar-refractivity contribution is 0.759. The number of hydrogen-bond acceptors (Lipinski definition) is 9. The Kier molecular flexibility index (Phi) is 11.6. The summed E-state index contributed by atoms with van der Waals surface area (Å²) in [6.07, 6.45) is 5.90. The molecule has 0 radical (unpaired) electrons. The Morgan fingerprint density at radius 3 is 1.04 bits per heavy atom. The van der Waals surface area contributed by atoms with Gasteiger partial charge in [-0.3, -0.25) is 0 Å². The fraction of sp³-hybridized carbons (Fsp3) is 0.800. The molecule has 138 valence electrons. The average molecular weight is 339 g/mol. The first-order valence-electron chi connectivity index (χ1n) is 8.88. The predicted octanol–water partition coefficient (Wildman–Crippen LogP) is 0.324. The summed E-state index contributed by atoms with van der Waals surface area (Å²) in [5, 5.41) is 9.68. The summed E-state index contributed by atoms with van der Waals surface area (Å²) in [5.74, 6) is 1.72. The Morgan fingerprint density at radius 2 is 0.792 bits per heavy atom. The molecule has 0 unspecified atom stereocenters. The number of anilines is 3. The third-order valence-corrected chi connectivity index (χ3v) is 3.38. The lowest BCUT2D eigenvalue weighted by Gasteiger charge is -2.11. The summed E-state index contributed by atoms with van der Waals surface area (Å²) < 4.78 is 0. The van der Waals surface area contributed by atoms with Crippen molar-refractivity contribution in [3.05, 3.63) is 0 Å². The summed E-state index contributed by atoms with van der Waals surface area (Å²) in [4.78, 5) is 13.2. The summed E-state index contributed by atoms with van der Waals surface area (Å²) >= 11 is 0. The molecule has 0 aliphatic heterocycles. The van der Waals surface area contributed by atoms with Gasteiger partial charge >= 0.3 is 0 Å². The van der Waals surface area contributed by atoms with Crippen LogP contribution in [0, 0.1) is 0 Å². The minimum Gasteiger partial charge on any atom is -0.354 e. The van der Waals surface area contributed by atoms with E-state index in [2.05, 4.69) is 30.9 Å². The molecule has 0 atom stereocenters. The van der Waals surface area contributed by atoms with Crippen LogP contribution in [-0.2, 0) is 0 Å². The molecule has 1 rings (SSSR count). The lowest BCUT2D eigenvalue weighted by atomic mass is 10.3. The van der Waals surface area contributed by atoms with Gasteiger partial charge in [-0.05, 0) is 58.2 Å². The van der Waals surface area contributed by atoms with Gasteiger partial charge in [0.2, 0.25) is 17.8 Å². The Balaban J connectivity index is 2.58. The van der Waals surface area contributed by atoms with Gasteiger partial charge in [0.1, 0.15) is 0 Å². The number of nitrogens with two attached hydrogens (primary N) is 3. The summed E-state index contributed by atoms with van der Waals surface area (Å²) in [7, 11) is 0. The number of aromatic nitrogens is 3. The molecule has 0 aliphatic carbocycles. The maximum atomic E-state index is 5.51. The van der Waals surface area contributed by atoms with Crippen molar-refractivity contribution in [2.45, 2.75) is 38.5 Å². The molecule has 1 heterocycles. The van der Waals surface area contributed by atoms with E-state index < -0.39 is 0 Å². The highest BCUT2D eigenvalue weighted by Gasteiger charge is 2.06. The first-order valence-corrected chi connectivity index (χ1v) is 8.88. The standard InChI is InChI=1S/C15H33N9/c16-7-1-4-10-19-13-22-14(20-11-5-2-8-17)24-15(23-13)21-12-6-3-9-18/h1-12,16-18H2,(H3,19,20,21,22,23,24). The van der Waals surface area contributed by atoms with E-state index in [0.717, 1.165) is 58.2 Å². The quantitative estimate of drug-likeness (QED) is 0.248. The lowest BCUT2D eigenvalue weighted by Crippen LogP contribution is -2.15. The van der Waals surface area contributed by atoms with Gasteiger partial charge in [0.25, 0.3) is 0 Å². The van der Waals surface area contributed by atoms with Gasteiger partial charge in [-0.25, -0.2) is 0 Å².